The Morgan fingerprint density at radius 1 is 1.23 bits per heavy atom. The second-order valence-electron chi connectivity index (χ2n) is 4.28. The van der Waals surface area contributed by atoms with Gasteiger partial charge in [0.1, 0.15) is 5.69 Å². The van der Waals surface area contributed by atoms with E-state index in [1.165, 1.54) is 16.4 Å². The first-order valence-corrected chi connectivity index (χ1v) is 7.78. The minimum Gasteiger partial charge on any atom is -0.441 e. The van der Waals surface area contributed by atoms with Gasteiger partial charge < -0.3 is 8.94 Å². The van der Waals surface area contributed by atoms with Crippen LogP contribution in [0.25, 0.3) is 11.5 Å². The monoisotopic (exact) mass is 338 g/mol. The zero-order valence-electron chi connectivity index (χ0n) is 11.7. The van der Waals surface area contributed by atoms with Crippen molar-refractivity contribution in [3.05, 3.63) is 24.0 Å². The molecule has 0 aliphatic carbocycles. The van der Waals surface area contributed by atoms with Gasteiger partial charge in [0.2, 0.25) is 10.9 Å². The van der Waals surface area contributed by atoms with Gasteiger partial charge in [-0.3, -0.25) is 0 Å². The van der Waals surface area contributed by atoms with Gasteiger partial charge in [-0.1, -0.05) is 19.0 Å². The molecule has 2 heterocycles. The highest BCUT2D eigenvalue weighted by atomic mass is 32.2. The predicted molar refractivity (Wildman–Crippen MR) is 69.3 cm³/mol. The van der Waals surface area contributed by atoms with Crippen molar-refractivity contribution in [2.75, 3.05) is 13.1 Å². The lowest BCUT2D eigenvalue weighted by Gasteiger charge is -2.16. The first-order chi connectivity index (χ1) is 10.2. The van der Waals surface area contributed by atoms with E-state index < -0.39 is 22.0 Å². The van der Waals surface area contributed by atoms with Crippen molar-refractivity contribution in [3.63, 3.8) is 0 Å². The predicted octanol–water partition coefficient (Wildman–Crippen LogP) is 2.98. The Morgan fingerprint density at radius 2 is 1.86 bits per heavy atom. The smallest absolute Gasteiger partial charge is 0.441 e. The molecule has 0 atom stereocenters. The second-order valence-corrected chi connectivity index (χ2v) is 6.15. The van der Waals surface area contributed by atoms with Gasteiger partial charge >= 0.3 is 6.18 Å². The molecular formula is C12H13F3N2O4S. The second kappa shape index (κ2) is 5.76. The topological polar surface area (TPSA) is 76.6 Å². The largest absolute Gasteiger partial charge is 0.452 e. The van der Waals surface area contributed by atoms with Crippen LogP contribution in [0.2, 0.25) is 0 Å². The van der Waals surface area contributed by atoms with Crippen LogP contribution in [0.15, 0.2) is 32.2 Å². The molecule has 0 aliphatic heterocycles. The maximum Gasteiger partial charge on any atom is 0.452 e. The summed E-state index contributed by atoms with van der Waals surface area (Å²) in [7, 11) is -3.82. The number of aromatic nitrogens is 1. The molecule has 0 saturated carbocycles. The average molecular weight is 338 g/mol. The molecule has 0 unspecified atom stereocenters. The van der Waals surface area contributed by atoms with Crippen molar-refractivity contribution >= 4 is 10.0 Å². The molecule has 0 aliphatic rings. The van der Waals surface area contributed by atoms with Crippen molar-refractivity contribution in [2.45, 2.75) is 25.1 Å². The summed E-state index contributed by atoms with van der Waals surface area (Å²) in [5.41, 5.74) is -0.228. The van der Waals surface area contributed by atoms with Gasteiger partial charge in [0.05, 0.1) is 0 Å². The normalized spacial score (nSPS) is 13.0. The maximum atomic E-state index is 12.4. The van der Waals surface area contributed by atoms with Crippen LogP contribution in [0.3, 0.4) is 0 Å². The van der Waals surface area contributed by atoms with Crippen LogP contribution < -0.4 is 0 Å². The Morgan fingerprint density at radius 3 is 2.36 bits per heavy atom. The fourth-order valence-corrected chi connectivity index (χ4v) is 3.18. The number of hydrogen-bond donors (Lipinski definition) is 0. The summed E-state index contributed by atoms with van der Waals surface area (Å²) in [6.07, 6.45) is -4.67. The molecule has 2 aromatic heterocycles. The van der Waals surface area contributed by atoms with Gasteiger partial charge in [0, 0.05) is 19.2 Å². The van der Waals surface area contributed by atoms with E-state index in [0.717, 1.165) is 0 Å². The number of halogens is 3. The zero-order chi connectivity index (χ0) is 16.5. The van der Waals surface area contributed by atoms with Crippen LogP contribution in [0.5, 0.6) is 0 Å². The Labute approximate surface area is 124 Å². The maximum absolute atomic E-state index is 12.4. The highest BCUT2D eigenvalue weighted by Gasteiger charge is 2.36. The highest BCUT2D eigenvalue weighted by Crippen LogP contribution is 2.33. The van der Waals surface area contributed by atoms with E-state index in [2.05, 4.69) is 9.68 Å². The molecule has 10 heteroatoms. The summed E-state index contributed by atoms with van der Waals surface area (Å²) in [6.45, 7) is 3.82. The number of rotatable bonds is 5. The van der Waals surface area contributed by atoms with E-state index in [1.54, 1.807) is 13.8 Å². The molecule has 6 nitrogen and oxygen atoms in total. The van der Waals surface area contributed by atoms with Gasteiger partial charge in [0.15, 0.2) is 5.76 Å². The summed E-state index contributed by atoms with van der Waals surface area (Å²) in [4.78, 5) is 0. The summed E-state index contributed by atoms with van der Waals surface area (Å²) in [5, 5.41) is 2.88. The molecule has 0 fully saturated rings. The van der Waals surface area contributed by atoms with Crippen LogP contribution in [0, 0.1) is 0 Å². The van der Waals surface area contributed by atoms with Crippen LogP contribution in [-0.2, 0) is 16.2 Å². The molecular weight excluding hydrogens is 325 g/mol. The average Bonchev–Trinajstić information content (AvgIpc) is 3.08. The molecule has 0 radical (unpaired) electrons. The van der Waals surface area contributed by atoms with Gasteiger partial charge in [-0.25, -0.2) is 8.42 Å². The molecule has 0 aromatic carbocycles. The fraction of sp³-hybridized carbons (Fsp3) is 0.417. The summed E-state index contributed by atoms with van der Waals surface area (Å²) < 4.78 is 72.2. The lowest BCUT2D eigenvalue weighted by Crippen LogP contribution is -2.30. The molecule has 0 amide bonds. The number of nitrogens with zero attached hydrogens (tertiary/aromatic N) is 2. The Kier molecular flexibility index (Phi) is 4.34. The Balaban J connectivity index is 2.34. The quantitative estimate of drug-likeness (QED) is 0.838. The van der Waals surface area contributed by atoms with E-state index in [9.17, 15) is 21.6 Å². The number of furan rings is 1. The van der Waals surface area contributed by atoms with Gasteiger partial charge in [-0.2, -0.15) is 17.5 Å². The first kappa shape index (κ1) is 16.6. The zero-order valence-corrected chi connectivity index (χ0v) is 12.5. The number of sulfonamides is 1. The van der Waals surface area contributed by atoms with E-state index in [4.69, 9.17) is 4.42 Å². The van der Waals surface area contributed by atoms with Crippen molar-refractivity contribution in [3.8, 4) is 11.5 Å². The van der Waals surface area contributed by atoms with Crippen LogP contribution in [0.1, 0.15) is 19.6 Å². The van der Waals surface area contributed by atoms with Crippen molar-refractivity contribution < 1.29 is 30.5 Å². The lowest BCUT2D eigenvalue weighted by molar-refractivity contribution is -0.155. The van der Waals surface area contributed by atoms with Gasteiger partial charge in [0.25, 0.3) is 10.0 Å². The summed E-state index contributed by atoms with van der Waals surface area (Å²) in [5.74, 6) is -1.41. The van der Waals surface area contributed by atoms with E-state index >= 15 is 0 Å². The SMILES string of the molecule is CCN(CC)S(=O)(=O)c1ccc(-c2cc(C(F)(F)F)on2)o1. The minimum absolute atomic E-state index is 0.120. The van der Waals surface area contributed by atoms with Crippen molar-refractivity contribution in [2.24, 2.45) is 0 Å². The fourth-order valence-electron chi connectivity index (χ4n) is 1.81. The third-order valence-corrected chi connectivity index (χ3v) is 4.85. The Hall–Kier alpha value is -1.81. The molecule has 0 N–H and O–H groups in total. The van der Waals surface area contributed by atoms with E-state index in [1.807, 2.05) is 0 Å². The van der Waals surface area contributed by atoms with Crippen LogP contribution in [-0.4, -0.2) is 31.0 Å². The van der Waals surface area contributed by atoms with Crippen LogP contribution >= 0.6 is 0 Å². The molecule has 122 valence electrons. The molecule has 0 spiro atoms. The first-order valence-electron chi connectivity index (χ1n) is 6.34. The molecule has 2 rings (SSSR count). The van der Waals surface area contributed by atoms with Gasteiger partial charge in [-0.05, 0) is 12.1 Å². The molecule has 0 saturated heterocycles. The standard InChI is InChI=1S/C12H13F3N2O4S/c1-3-17(4-2)22(18,19)11-6-5-9(20-11)8-7-10(21-16-8)12(13,14)15/h5-7H,3-4H2,1-2H3. The lowest BCUT2D eigenvalue weighted by atomic mass is 10.3. The van der Waals surface area contributed by atoms with Crippen molar-refractivity contribution in [1.82, 2.24) is 9.46 Å². The molecule has 0 bridgehead atoms. The van der Waals surface area contributed by atoms with Gasteiger partial charge in [-0.15, -0.1) is 0 Å². The van der Waals surface area contributed by atoms with E-state index in [0.29, 0.717) is 6.07 Å². The third kappa shape index (κ3) is 3.02. The van der Waals surface area contributed by atoms with E-state index in [-0.39, 0.29) is 29.6 Å². The number of hydrogen-bond acceptors (Lipinski definition) is 5. The summed E-state index contributed by atoms with van der Waals surface area (Å²) >= 11 is 0. The highest BCUT2D eigenvalue weighted by molar-refractivity contribution is 7.89. The molecule has 2 aromatic rings. The third-order valence-electron chi connectivity index (χ3n) is 2.92. The molecule has 22 heavy (non-hydrogen) atoms. The summed E-state index contributed by atoms with van der Waals surface area (Å²) in [6, 6.07) is 3.05. The van der Waals surface area contributed by atoms with Crippen molar-refractivity contribution in [1.29, 1.82) is 0 Å². The Bertz CT molecular complexity index is 745. The van der Waals surface area contributed by atoms with Crippen LogP contribution in [0.4, 0.5) is 13.2 Å². The number of alkyl halides is 3. The minimum atomic E-state index is -4.67.